The molecular formula is C14H22ClNO2. The van der Waals surface area contributed by atoms with Crippen molar-refractivity contribution < 1.29 is 9.53 Å². The van der Waals surface area contributed by atoms with Crippen molar-refractivity contribution in [3.63, 3.8) is 0 Å². The van der Waals surface area contributed by atoms with Crippen LogP contribution in [0, 0.1) is 0 Å². The fourth-order valence-corrected chi connectivity index (χ4v) is 1.72. The highest BCUT2D eigenvalue weighted by Gasteiger charge is 2.14. The maximum absolute atomic E-state index is 11.4. The molecule has 1 rings (SSSR count). The highest BCUT2D eigenvalue weighted by molar-refractivity contribution is 5.85. The molecule has 1 aromatic rings. The number of esters is 1. The van der Waals surface area contributed by atoms with Crippen molar-refractivity contribution in [3.8, 4) is 0 Å². The quantitative estimate of drug-likeness (QED) is 0.809. The van der Waals surface area contributed by atoms with Gasteiger partial charge in [0.2, 0.25) is 0 Å². The van der Waals surface area contributed by atoms with Gasteiger partial charge in [0.05, 0.1) is 6.61 Å². The summed E-state index contributed by atoms with van der Waals surface area (Å²) in [5.74, 6) is -0.329. The standard InChI is InChI=1S/C14H21NO2.ClH/c1-3-5-11-6-8-12(9-7-11)10-13(15)14(16)17-4-2;/h6-9,13H,3-5,10,15H2,1-2H3;1H. The van der Waals surface area contributed by atoms with Gasteiger partial charge in [0.15, 0.2) is 0 Å². The zero-order chi connectivity index (χ0) is 12.7. The number of rotatable bonds is 6. The van der Waals surface area contributed by atoms with E-state index in [4.69, 9.17) is 10.5 Å². The summed E-state index contributed by atoms with van der Waals surface area (Å²) >= 11 is 0. The van der Waals surface area contributed by atoms with E-state index in [9.17, 15) is 4.79 Å². The Balaban J connectivity index is 0.00000289. The molecule has 3 nitrogen and oxygen atoms in total. The molecule has 0 aliphatic carbocycles. The minimum Gasteiger partial charge on any atom is -0.465 e. The van der Waals surface area contributed by atoms with Gasteiger partial charge < -0.3 is 10.5 Å². The molecule has 0 aliphatic rings. The maximum atomic E-state index is 11.4. The lowest BCUT2D eigenvalue weighted by Crippen LogP contribution is -2.34. The van der Waals surface area contributed by atoms with Crippen LogP contribution in [0.15, 0.2) is 24.3 Å². The topological polar surface area (TPSA) is 52.3 Å². The van der Waals surface area contributed by atoms with E-state index in [1.165, 1.54) is 5.56 Å². The summed E-state index contributed by atoms with van der Waals surface area (Å²) in [7, 11) is 0. The van der Waals surface area contributed by atoms with E-state index in [1.807, 2.05) is 12.1 Å². The lowest BCUT2D eigenvalue weighted by molar-refractivity contribution is -0.144. The largest absolute Gasteiger partial charge is 0.465 e. The van der Waals surface area contributed by atoms with Gasteiger partial charge in [-0.25, -0.2) is 0 Å². The van der Waals surface area contributed by atoms with E-state index in [1.54, 1.807) is 6.92 Å². The number of nitrogens with two attached hydrogens (primary N) is 1. The Kier molecular flexibility index (Phi) is 8.42. The van der Waals surface area contributed by atoms with Crippen LogP contribution in [-0.2, 0) is 22.4 Å². The molecule has 0 bridgehead atoms. The van der Waals surface area contributed by atoms with Gasteiger partial charge in [0.1, 0.15) is 6.04 Å². The molecule has 1 aromatic carbocycles. The summed E-state index contributed by atoms with van der Waals surface area (Å²) in [4.78, 5) is 11.4. The maximum Gasteiger partial charge on any atom is 0.323 e. The number of hydrogen-bond acceptors (Lipinski definition) is 3. The molecule has 1 unspecified atom stereocenters. The SMILES string of the molecule is CCCc1ccc(CC(N)C(=O)OCC)cc1.Cl. The molecule has 0 amide bonds. The first kappa shape index (κ1) is 16.9. The average molecular weight is 272 g/mol. The molecule has 1 atom stereocenters. The lowest BCUT2D eigenvalue weighted by Gasteiger charge is -2.10. The predicted molar refractivity (Wildman–Crippen MR) is 76.0 cm³/mol. The normalized spacial score (nSPS) is 11.5. The van der Waals surface area contributed by atoms with E-state index < -0.39 is 6.04 Å². The molecule has 0 saturated carbocycles. The third-order valence-corrected chi connectivity index (χ3v) is 2.61. The fraction of sp³-hybridized carbons (Fsp3) is 0.500. The van der Waals surface area contributed by atoms with Crippen LogP contribution < -0.4 is 5.73 Å². The Morgan fingerprint density at radius 2 is 1.78 bits per heavy atom. The molecule has 2 N–H and O–H groups in total. The van der Waals surface area contributed by atoms with Crippen molar-refractivity contribution in [3.05, 3.63) is 35.4 Å². The van der Waals surface area contributed by atoms with Gasteiger partial charge in [-0.3, -0.25) is 4.79 Å². The molecule has 18 heavy (non-hydrogen) atoms. The van der Waals surface area contributed by atoms with Crippen molar-refractivity contribution in [2.75, 3.05) is 6.61 Å². The van der Waals surface area contributed by atoms with Crippen LogP contribution in [0.2, 0.25) is 0 Å². The summed E-state index contributed by atoms with van der Waals surface area (Å²) < 4.78 is 4.87. The number of aryl methyl sites for hydroxylation is 1. The third-order valence-electron chi connectivity index (χ3n) is 2.61. The Bertz CT molecular complexity index is 351. The first-order valence-corrected chi connectivity index (χ1v) is 6.17. The Hall–Kier alpha value is -1.06. The Labute approximate surface area is 115 Å². The molecule has 0 aromatic heterocycles. The minimum absolute atomic E-state index is 0. The first-order chi connectivity index (χ1) is 8.17. The molecule has 0 spiro atoms. The molecule has 0 saturated heterocycles. The van der Waals surface area contributed by atoms with Crippen LogP contribution in [0.1, 0.15) is 31.4 Å². The molecule has 0 aliphatic heterocycles. The van der Waals surface area contributed by atoms with Gasteiger partial charge in [-0.2, -0.15) is 0 Å². The second-order valence-corrected chi connectivity index (χ2v) is 4.13. The second-order valence-electron chi connectivity index (χ2n) is 4.13. The molecule has 102 valence electrons. The molecular weight excluding hydrogens is 250 g/mol. The third kappa shape index (κ3) is 5.52. The average Bonchev–Trinajstić information content (AvgIpc) is 2.32. The summed E-state index contributed by atoms with van der Waals surface area (Å²) in [6.07, 6.45) is 2.76. The van der Waals surface area contributed by atoms with Crippen LogP contribution in [0.4, 0.5) is 0 Å². The number of carbonyl (C=O) groups is 1. The zero-order valence-corrected chi connectivity index (χ0v) is 11.8. The van der Waals surface area contributed by atoms with Crippen molar-refractivity contribution in [1.29, 1.82) is 0 Å². The summed E-state index contributed by atoms with van der Waals surface area (Å²) in [6.45, 7) is 4.32. The fourth-order valence-electron chi connectivity index (χ4n) is 1.72. The number of hydrogen-bond donors (Lipinski definition) is 1. The Morgan fingerprint density at radius 1 is 1.22 bits per heavy atom. The zero-order valence-electron chi connectivity index (χ0n) is 11.0. The van der Waals surface area contributed by atoms with Crippen molar-refractivity contribution in [2.24, 2.45) is 5.73 Å². The highest BCUT2D eigenvalue weighted by Crippen LogP contribution is 2.08. The van der Waals surface area contributed by atoms with Crippen molar-refractivity contribution in [2.45, 2.75) is 39.2 Å². The molecule has 0 fully saturated rings. The van der Waals surface area contributed by atoms with Crippen LogP contribution in [0.25, 0.3) is 0 Å². The van der Waals surface area contributed by atoms with E-state index in [-0.39, 0.29) is 18.4 Å². The molecule has 0 heterocycles. The van der Waals surface area contributed by atoms with Gasteiger partial charge in [-0.05, 0) is 30.9 Å². The summed E-state index contributed by atoms with van der Waals surface area (Å²) in [6, 6.07) is 7.69. The van der Waals surface area contributed by atoms with E-state index >= 15 is 0 Å². The number of benzene rings is 1. The van der Waals surface area contributed by atoms with E-state index in [0.717, 1.165) is 18.4 Å². The second kappa shape index (κ2) is 8.95. The lowest BCUT2D eigenvalue weighted by atomic mass is 10.0. The predicted octanol–water partition coefficient (Wildman–Crippen LogP) is 2.49. The van der Waals surface area contributed by atoms with Crippen LogP contribution in [0.5, 0.6) is 0 Å². The van der Waals surface area contributed by atoms with Crippen molar-refractivity contribution in [1.82, 2.24) is 0 Å². The number of carbonyl (C=O) groups excluding carboxylic acids is 1. The van der Waals surface area contributed by atoms with E-state index in [2.05, 4.69) is 19.1 Å². The summed E-state index contributed by atoms with van der Waals surface area (Å²) in [5, 5.41) is 0. The van der Waals surface area contributed by atoms with Gasteiger partial charge in [-0.1, -0.05) is 37.6 Å². The first-order valence-electron chi connectivity index (χ1n) is 6.17. The van der Waals surface area contributed by atoms with Gasteiger partial charge in [0, 0.05) is 0 Å². The summed E-state index contributed by atoms with van der Waals surface area (Å²) in [5.41, 5.74) is 8.15. The van der Waals surface area contributed by atoms with Crippen molar-refractivity contribution >= 4 is 18.4 Å². The van der Waals surface area contributed by atoms with Gasteiger partial charge in [-0.15, -0.1) is 12.4 Å². The smallest absolute Gasteiger partial charge is 0.323 e. The molecule has 0 radical (unpaired) electrons. The minimum atomic E-state index is -0.563. The van der Waals surface area contributed by atoms with Crippen LogP contribution >= 0.6 is 12.4 Å². The molecule has 4 heteroatoms. The van der Waals surface area contributed by atoms with Crippen LogP contribution in [-0.4, -0.2) is 18.6 Å². The Morgan fingerprint density at radius 3 is 2.28 bits per heavy atom. The highest BCUT2D eigenvalue weighted by atomic mass is 35.5. The van der Waals surface area contributed by atoms with Gasteiger partial charge >= 0.3 is 5.97 Å². The monoisotopic (exact) mass is 271 g/mol. The number of ether oxygens (including phenoxy) is 1. The van der Waals surface area contributed by atoms with Gasteiger partial charge in [0.25, 0.3) is 0 Å². The van der Waals surface area contributed by atoms with E-state index in [0.29, 0.717) is 13.0 Å². The number of halogens is 1. The van der Waals surface area contributed by atoms with Crippen LogP contribution in [0.3, 0.4) is 0 Å².